The first-order chi connectivity index (χ1) is 9.43. The van der Waals surface area contributed by atoms with Gasteiger partial charge in [-0.05, 0) is 18.1 Å². The van der Waals surface area contributed by atoms with Crippen molar-refractivity contribution >= 4 is 46.6 Å². The van der Waals surface area contributed by atoms with E-state index in [1.54, 1.807) is 0 Å². The van der Waals surface area contributed by atoms with Gasteiger partial charge in [0, 0.05) is 10.6 Å². The van der Waals surface area contributed by atoms with Gasteiger partial charge in [-0.2, -0.15) is 0 Å². The monoisotopic (exact) mass is 335 g/mol. The van der Waals surface area contributed by atoms with Crippen molar-refractivity contribution in [2.75, 3.05) is 5.75 Å². The number of halogens is 1. The maximum Gasteiger partial charge on any atom is 0.326 e. The molecule has 20 heavy (non-hydrogen) atoms. The number of hydrogen-bond donors (Lipinski definition) is 2. The number of nitrogens with one attached hydrogen (secondary N) is 1. The van der Waals surface area contributed by atoms with Crippen molar-refractivity contribution in [3.63, 3.8) is 0 Å². The quantitative estimate of drug-likeness (QED) is 0.765. The van der Waals surface area contributed by atoms with Crippen molar-refractivity contribution in [3.05, 3.63) is 21.3 Å². The molecule has 2 atom stereocenters. The van der Waals surface area contributed by atoms with Crippen LogP contribution in [-0.2, 0) is 15.3 Å². The highest BCUT2D eigenvalue weighted by atomic mass is 35.5. The summed E-state index contributed by atoms with van der Waals surface area (Å²) in [6.45, 7) is 3.72. The maximum atomic E-state index is 11.8. The standard InChI is InChI=1S/C13H18ClNO3S2/c1-3-8(2)12(13(17)18)15-11(16)7-19-6-9-4-5-10(14)20-9/h4-5,8,12H,3,6-7H2,1-2H3,(H,15,16)(H,17,18)/t8-,12-/m0/s1. The summed E-state index contributed by atoms with van der Waals surface area (Å²) in [5, 5.41) is 11.7. The van der Waals surface area contributed by atoms with E-state index in [4.69, 9.17) is 16.7 Å². The molecule has 0 radical (unpaired) electrons. The number of amides is 1. The summed E-state index contributed by atoms with van der Waals surface area (Å²) in [4.78, 5) is 24.0. The Hall–Kier alpha value is -0.720. The van der Waals surface area contributed by atoms with E-state index in [0.29, 0.717) is 12.2 Å². The molecule has 0 aliphatic heterocycles. The molecular weight excluding hydrogens is 318 g/mol. The second-order valence-electron chi connectivity index (χ2n) is 4.47. The molecular formula is C13H18ClNO3S2. The van der Waals surface area contributed by atoms with Gasteiger partial charge in [-0.1, -0.05) is 31.9 Å². The third-order valence-corrected chi connectivity index (χ3v) is 5.30. The lowest BCUT2D eigenvalue weighted by molar-refractivity contribution is -0.143. The second kappa shape index (κ2) is 8.54. The van der Waals surface area contributed by atoms with Crippen LogP contribution in [0, 0.1) is 5.92 Å². The number of thioether (sulfide) groups is 1. The van der Waals surface area contributed by atoms with E-state index in [1.807, 2.05) is 26.0 Å². The Balaban J connectivity index is 2.36. The van der Waals surface area contributed by atoms with Gasteiger partial charge in [0.1, 0.15) is 6.04 Å². The van der Waals surface area contributed by atoms with Gasteiger partial charge in [-0.25, -0.2) is 4.79 Å². The highest BCUT2D eigenvalue weighted by molar-refractivity contribution is 7.99. The predicted molar refractivity (Wildman–Crippen MR) is 84.5 cm³/mol. The van der Waals surface area contributed by atoms with Crippen LogP contribution >= 0.6 is 34.7 Å². The SMILES string of the molecule is CC[C@H](C)[C@H](NC(=O)CSCc1ccc(Cl)s1)C(=O)O. The molecule has 0 bridgehead atoms. The number of hydrogen-bond acceptors (Lipinski definition) is 4. The van der Waals surface area contributed by atoms with Crippen LogP contribution in [0.3, 0.4) is 0 Å². The summed E-state index contributed by atoms with van der Waals surface area (Å²) in [5.41, 5.74) is 0. The van der Waals surface area contributed by atoms with Crippen LogP contribution in [0.4, 0.5) is 0 Å². The molecule has 2 N–H and O–H groups in total. The molecule has 1 aromatic rings. The third kappa shape index (κ3) is 5.73. The molecule has 1 rings (SSSR count). The normalized spacial score (nSPS) is 13.8. The molecule has 1 aromatic heterocycles. The Morgan fingerprint density at radius 1 is 1.50 bits per heavy atom. The van der Waals surface area contributed by atoms with Crippen molar-refractivity contribution in [2.45, 2.75) is 32.1 Å². The highest BCUT2D eigenvalue weighted by Crippen LogP contribution is 2.25. The molecule has 0 aliphatic rings. The summed E-state index contributed by atoms with van der Waals surface area (Å²) in [6, 6.07) is 2.94. The third-order valence-electron chi connectivity index (χ3n) is 2.90. The van der Waals surface area contributed by atoms with Crippen molar-refractivity contribution in [1.29, 1.82) is 0 Å². The van der Waals surface area contributed by atoms with Gasteiger partial charge in [-0.15, -0.1) is 23.1 Å². The lowest BCUT2D eigenvalue weighted by atomic mass is 9.99. The van der Waals surface area contributed by atoms with Crippen molar-refractivity contribution in [1.82, 2.24) is 5.32 Å². The van der Waals surface area contributed by atoms with E-state index >= 15 is 0 Å². The van der Waals surface area contributed by atoms with Gasteiger partial charge in [0.2, 0.25) is 5.91 Å². The van der Waals surface area contributed by atoms with E-state index in [1.165, 1.54) is 23.1 Å². The van der Waals surface area contributed by atoms with Gasteiger partial charge in [0.15, 0.2) is 0 Å². The zero-order valence-electron chi connectivity index (χ0n) is 11.4. The Kier molecular flexibility index (Phi) is 7.40. The number of thiophene rings is 1. The number of carbonyl (C=O) groups is 2. The van der Waals surface area contributed by atoms with Gasteiger partial charge < -0.3 is 10.4 Å². The first kappa shape index (κ1) is 17.3. The van der Waals surface area contributed by atoms with E-state index in [2.05, 4.69) is 5.32 Å². The molecule has 112 valence electrons. The fourth-order valence-corrected chi connectivity index (χ4v) is 3.61. The lowest BCUT2D eigenvalue weighted by Crippen LogP contribution is -2.45. The van der Waals surface area contributed by atoms with Crippen molar-refractivity contribution < 1.29 is 14.7 Å². The summed E-state index contributed by atoms with van der Waals surface area (Å²) >= 11 is 8.75. The average molecular weight is 336 g/mol. The average Bonchev–Trinajstić information content (AvgIpc) is 2.80. The first-order valence-corrected chi connectivity index (χ1v) is 8.63. The minimum Gasteiger partial charge on any atom is -0.480 e. The zero-order valence-corrected chi connectivity index (χ0v) is 13.8. The van der Waals surface area contributed by atoms with E-state index in [9.17, 15) is 9.59 Å². The Morgan fingerprint density at radius 2 is 2.20 bits per heavy atom. The summed E-state index contributed by atoms with van der Waals surface area (Å²) in [7, 11) is 0. The van der Waals surface area contributed by atoms with Gasteiger partial charge in [-0.3, -0.25) is 4.79 Å². The molecule has 0 aromatic carbocycles. The number of rotatable bonds is 8. The Morgan fingerprint density at radius 3 is 2.70 bits per heavy atom. The molecule has 0 spiro atoms. The van der Waals surface area contributed by atoms with E-state index < -0.39 is 12.0 Å². The molecule has 0 saturated carbocycles. The molecule has 0 aliphatic carbocycles. The van der Waals surface area contributed by atoms with Crippen LogP contribution in [0.15, 0.2) is 12.1 Å². The smallest absolute Gasteiger partial charge is 0.326 e. The van der Waals surface area contributed by atoms with E-state index in [-0.39, 0.29) is 17.6 Å². The Bertz CT molecular complexity index is 464. The van der Waals surface area contributed by atoms with Crippen LogP contribution < -0.4 is 5.32 Å². The summed E-state index contributed by atoms with van der Waals surface area (Å²) in [6.07, 6.45) is 0.706. The van der Waals surface area contributed by atoms with Crippen LogP contribution in [0.5, 0.6) is 0 Å². The summed E-state index contributed by atoms with van der Waals surface area (Å²) < 4.78 is 0.729. The number of carbonyl (C=O) groups excluding carboxylic acids is 1. The number of aliphatic carboxylic acids is 1. The van der Waals surface area contributed by atoms with Gasteiger partial charge in [0.05, 0.1) is 10.1 Å². The maximum absolute atomic E-state index is 11.8. The first-order valence-electron chi connectivity index (χ1n) is 6.28. The van der Waals surface area contributed by atoms with Gasteiger partial charge >= 0.3 is 5.97 Å². The zero-order chi connectivity index (χ0) is 15.1. The molecule has 7 heteroatoms. The lowest BCUT2D eigenvalue weighted by Gasteiger charge is -2.19. The van der Waals surface area contributed by atoms with Gasteiger partial charge in [0.25, 0.3) is 0 Å². The van der Waals surface area contributed by atoms with Crippen LogP contribution in [0.2, 0.25) is 4.34 Å². The minimum atomic E-state index is -0.984. The fourth-order valence-electron chi connectivity index (χ4n) is 1.57. The molecule has 0 saturated heterocycles. The van der Waals surface area contributed by atoms with Crippen molar-refractivity contribution in [2.24, 2.45) is 5.92 Å². The number of carboxylic acids is 1. The fraction of sp³-hybridized carbons (Fsp3) is 0.538. The predicted octanol–water partition coefficient (Wildman–Crippen LogP) is 3.25. The molecule has 0 unspecified atom stereocenters. The van der Waals surface area contributed by atoms with E-state index in [0.717, 1.165) is 9.21 Å². The van der Waals surface area contributed by atoms with Crippen LogP contribution in [0.1, 0.15) is 25.1 Å². The molecule has 4 nitrogen and oxygen atoms in total. The topological polar surface area (TPSA) is 66.4 Å². The largest absolute Gasteiger partial charge is 0.480 e. The molecule has 1 amide bonds. The molecule has 0 fully saturated rings. The minimum absolute atomic E-state index is 0.0856. The van der Waals surface area contributed by atoms with Crippen LogP contribution in [0.25, 0.3) is 0 Å². The second-order valence-corrected chi connectivity index (χ2v) is 7.25. The highest BCUT2D eigenvalue weighted by Gasteiger charge is 2.24. The Labute approximate surface area is 131 Å². The summed E-state index contributed by atoms with van der Waals surface area (Å²) in [5.74, 6) is -0.368. The van der Waals surface area contributed by atoms with Crippen LogP contribution in [-0.4, -0.2) is 28.8 Å². The van der Waals surface area contributed by atoms with Crippen molar-refractivity contribution in [3.8, 4) is 0 Å². The number of carboxylic acid groups (broad SMARTS) is 1. The molecule has 1 heterocycles.